The Morgan fingerprint density at radius 3 is 2.42 bits per heavy atom. The summed E-state index contributed by atoms with van der Waals surface area (Å²) < 4.78 is 0. The van der Waals surface area contributed by atoms with Gasteiger partial charge in [0.05, 0.1) is 28.1 Å². The lowest BCUT2D eigenvalue weighted by Crippen LogP contribution is -2.11. The number of carbonyl (C=O) groups is 1. The number of hydrogen-bond donors (Lipinski definition) is 1. The number of rotatable bonds is 3. The van der Waals surface area contributed by atoms with Crippen LogP contribution in [-0.4, -0.2) is 20.9 Å². The van der Waals surface area contributed by atoms with Gasteiger partial charge in [-0.25, -0.2) is 15.0 Å². The Labute approximate surface area is 154 Å². The molecule has 26 heavy (non-hydrogen) atoms. The Kier molecular flexibility index (Phi) is 4.18. The predicted octanol–water partition coefficient (Wildman–Crippen LogP) is 4.62. The van der Waals surface area contributed by atoms with E-state index in [0.717, 1.165) is 28.2 Å². The molecule has 2 aromatic heterocycles. The summed E-state index contributed by atoms with van der Waals surface area (Å²) in [6.45, 7) is 3.84. The molecule has 2 heterocycles. The second kappa shape index (κ2) is 6.65. The van der Waals surface area contributed by atoms with Crippen molar-refractivity contribution < 1.29 is 4.79 Å². The molecule has 0 saturated carbocycles. The molecule has 0 unspecified atom stereocenters. The molecule has 1 N–H and O–H groups in total. The number of anilines is 1. The summed E-state index contributed by atoms with van der Waals surface area (Å²) in [5.41, 5.74) is 5.66. The summed E-state index contributed by atoms with van der Waals surface area (Å²) in [4.78, 5) is 26.1. The van der Waals surface area contributed by atoms with Crippen molar-refractivity contribution in [3.63, 3.8) is 0 Å². The first kappa shape index (κ1) is 16.4. The molecule has 0 saturated heterocycles. The van der Waals surface area contributed by atoms with Gasteiger partial charge in [0.25, 0.3) is 5.91 Å². The quantitative estimate of drug-likeness (QED) is 0.579. The van der Waals surface area contributed by atoms with Crippen LogP contribution in [0.4, 0.5) is 5.13 Å². The predicted molar refractivity (Wildman–Crippen MR) is 105 cm³/mol. The Morgan fingerprint density at radius 2 is 1.65 bits per heavy atom. The lowest BCUT2D eigenvalue weighted by molar-refractivity contribution is 0.102. The number of carbonyl (C=O) groups excluding carboxylic acids is 1. The highest BCUT2D eigenvalue weighted by Crippen LogP contribution is 2.25. The number of hydrogen-bond acceptors (Lipinski definition) is 5. The molecule has 0 fully saturated rings. The van der Waals surface area contributed by atoms with Gasteiger partial charge in [-0.2, -0.15) is 0 Å². The van der Waals surface area contributed by atoms with E-state index in [1.54, 1.807) is 12.1 Å². The summed E-state index contributed by atoms with van der Waals surface area (Å²) >= 11 is 1.40. The molecule has 1 amide bonds. The van der Waals surface area contributed by atoms with Crippen LogP contribution >= 0.6 is 11.3 Å². The maximum atomic E-state index is 12.6. The van der Waals surface area contributed by atoms with Crippen LogP contribution in [0.3, 0.4) is 0 Å². The van der Waals surface area contributed by atoms with Gasteiger partial charge < -0.3 is 0 Å². The molecule has 0 aliphatic rings. The van der Waals surface area contributed by atoms with E-state index in [0.29, 0.717) is 16.2 Å². The monoisotopic (exact) mass is 360 g/mol. The lowest BCUT2D eigenvalue weighted by Gasteiger charge is -2.05. The summed E-state index contributed by atoms with van der Waals surface area (Å²) in [6.07, 6.45) is 0. The van der Waals surface area contributed by atoms with Crippen LogP contribution in [0.5, 0.6) is 0 Å². The Bertz CT molecular complexity index is 1110. The van der Waals surface area contributed by atoms with Crippen LogP contribution < -0.4 is 5.32 Å². The van der Waals surface area contributed by atoms with Gasteiger partial charge in [-0.1, -0.05) is 30.3 Å². The lowest BCUT2D eigenvalue weighted by atomic mass is 10.1. The van der Waals surface area contributed by atoms with Gasteiger partial charge in [0.15, 0.2) is 5.13 Å². The zero-order valence-electron chi connectivity index (χ0n) is 14.4. The number of fused-ring (bicyclic) bond motifs is 1. The highest BCUT2D eigenvalue weighted by molar-refractivity contribution is 7.14. The van der Waals surface area contributed by atoms with Crippen molar-refractivity contribution in [2.75, 3.05) is 5.32 Å². The average Bonchev–Trinajstić information content (AvgIpc) is 3.11. The molecule has 4 rings (SSSR count). The van der Waals surface area contributed by atoms with E-state index in [1.807, 2.05) is 55.6 Å². The fourth-order valence-electron chi connectivity index (χ4n) is 2.61. The third kappa shape index (κ3) is 3.19. The van der Waals surface area contributed by atoms with E-state index in [-0.39, 0.29) is 5.91 Å². The molecule has 0 bridgehead atoms. The number of benzene rings is 2. The minimum absolute atomic E-state index is 0.208. The van der Waals surface area contributed by atoms with Crippen molar-refractivity contribution in [2.24, 2.45) is 0 Å². The van der Waals surface area contributed by atoms with E-state index < -0.39 is 0 Å². The smallest absolute Gasteiger partial charge is 0.257 e. The SMILES string of the molecule is Cc1nc2ccc(C(=O)Nc3nc(-c4ccccc4)cs3)cc2nc1C. The van der Waals surface area contributed by atoms with Crippen LogP contribution in [0.25, 0.3) is 22.3 Å². The third-order valence-corrected chi connectivity index (χ3v) is 4.89. The van der Waals surface area contributed by atoms with E-state index >= 15 is 0 Å². The maximum absolute atomic E-state index is 12.6. The Balaban J connectivity index is 1.58. The van der Waals surface area contributed by atoms with Crippen molar-refractivity contribution in [1.29, 1.82) is 0 Å². The normalized spacial score (nSPS) is 10.8. The molecule has 128 valence electrons. The van der Waals surface area contributed by atoms with Crippen molar-refractivity contribution >= 4 is 33.4 Å². The summed E-state index contributed by atoms with van der Waals surface area (Å²) in [5.74, 6) is -0.208. The summed E-state index contributed by atoms with van der Waals surface area (Å²) in [5, 5.41) is 5.36. The molecule has 6 heteroatoms. The summed E-state index contributed by atoms with van der Waals surface area (Å²) in [7, 11) is 0. The molecule has 0 spiro atoms. The third-order valence-electron chi connectivity index (χ3n) is 4.13. The fraction of sp³-hybridized carbons (Fsp3) is 0.100. The van der Waals surface area contributed by atoms with Crippen LogP contribution in [0, 0.1) is 13.8 Å². The molecule has 5 nitrogen and oxygen atoms in total. The minimum Gasteiger partial charge on any atom is -0.298 e. The molecule has 0 aliphatic carbocycles. The van der Waals surface area contributed by atoms with Crippen molar-refractivity contribution in [3.05, 3.63) is 70.9 Å². The second-order valence-corrected chi connectivity index (χ2v) is 6.81. The van der Waals surface area contributed by atoms with Gasteiger partial charge in [-0.05, 0) is 32.0 Å². The number of amides is 1. The van der Waals surface area contributed by atoms with Crippen molar-refractivity contribution in [2.45, 2.75) is 13.8 Å². The van der Waals surface area contributed by atoms with Gasteiger partial charge in [0, 0.05) is 16.5 Å². The number of aryl methyl sites for hydroxylation is 2. The van der Waals surface area contributed by atoms with Gasteiger partial charge in [-0.3, -0.25) is 10.1 Å². The van der Waals surface area contributed by atoms with Gasteiger partial charge >= 0.3 is 0 Å². The maximum Gasteiger partial charge on any atom is 0.257 e. The first-order valence-electron chi connectivity index (χ1n) is 8.17. The first-order chi connectivity index (χ1) is 12.6. The van der Waals surface area contributed by atoms with E-state index in [1.165, 1.54) is 11.3 Å². The molecule has 0 atom stereocenters. The zero-order valence-corrected chi connectivity index (χ0v) is 15.2. The molecule has 4 aromatic rings. The fourth-order valence-corrected chi connectivity index (χ4v) is 3.33. The van der Waals surface area contributed by atoms with Crippen LogP contribution in [0.15, 0.2) is 53.9 Å². The topological polar surface area (TPSA) is 67.8 Å². The molecular weight excluding hydrogens is 344 g/mol. The largest absolute Gasteiger partial charge is 0.298 e. The minimum atomic E-state index is -0.208. The van der Waals surface area contributed by atoms with Crippen LogP contribution in [-0.2, 0) is 0 Å². The van der Waals surface area contributed by atoms with Crippen LogP contribution in [0.1, 0.15) is 21.7 Å². The van der Waals surface area contributed by atoms with Crippen molar-refractivity contribution in [1.82, 2.24) is 15.0 Å². The highest BCUT2D eigenvalue weighted by Gasteiger charge is 2.12. The Hall–Kier alpha value is -3.12. The number of nitrogens with one attached hydrogen (secondary N) is 1. The standard InChI is InChI=1S/C20H16N4OS/c1-12-13(2)22-17-10-15(8-9-16(17)21-12)19(25)24-20-23-18(11-26-20)14-6-4-3-5-7-14/h3-11H,1-2H3,(H,23,24,25). The average molecular weight is 360 g/mol. The van der Waals surface area contributed by atoms with Crippen molar-refractivity contribution in [3.8, 4) is 11.3 Å². The van der Waals surface area contributed by atoms with Gasteiger partial charge in [-0.15, -0.1) is 11.3 Å². The van der Waals surface area contributed by atoms with Gasteiger partial charge in [0.1, 0.15) is 0 Å². The van der Waals surface area contributed by atoms with Gasteiger partial charge in [0.2, 0.25) is 0 Å². The Morgan fingerprint density at radius 1 is 0.923 bits per heavy atom. The zero-order chi connectivity index (χ0) is 18.1. The number of nitrogens with zero attached hydrogens (tertiary/aromatic N) is 3. The molecular formula is C20H16N4OS. The van der Waals surface area contributed by atoms with E-state index in [9.17, 15) is 4.79 Å². The van der Waals surface area contributed by atoms with Crippen LogP contribution in [0.2, 0.25) is 0 Å². The van der Waals surface area contributed by atoms with E-state index in [2.05, 4.69) is 20.3 Å². The first-order valence-corrected chi connectivity index (χ1v) is 9.05. The summed E-state index contributed by atoms with van der Waals surface area (Å²) in [6, 6.07) is 15.2. The van der Waals surface area contributed by atoms with E-state index in [4.69, 9.17) is 0 Å². The molecule has 0 radical (unpaired) electrons. The molecule has 2 aromatic carbocycles. The molecule has 0 aliphatic heterocycles. The second-order valence-electron chi connectivity index (χ2n) is 5.96. The highest BCUT2D eigenvalue weighted by atomic mass is 32.1. The number of aromatic nitrogens is 3. The number of thiazole rings is 1.